The first kappa shape index (κ1) is 20.5. The number of rotatable bonds is 9. The summed E-state index contributed by atoms with van der Waals surface area (Å²) in [6.45, 7) is 4.31. The number of hydrogen-bond acceptors (Lipinski definition) is 6. The largest absolute Gasteiger partial charge is 0.469 e. The van der Waals surface area contributed by atoms with Gasteiger partial charge in [0.1, 0.15) is 18.1 Å². The maximum atomic E-state index is 12.2. The molecule has 7 nitrogen and oxygen atoms in total. The number of carbonyl (C=O) groups is 2. The van der Waals surface area contributed by atoms with Crippen molar-refractivity contribution in [3.8, 4) is 0 Å². The van der Waals surface area contributed by atoms with Crippen molar-refractivity contribution in [2.45, 2.75) is 45.8 Å². The molecule has 27 heavy (non-hydrogen) atoms. The van der Waals surface area contributed by atoms with Gasteiger partial charge in [0.05, 0.1) is 19.6 Å². The molecule has 1 aromatic carbocycles. The molecule has 0 saturated heterocycles. The highest BCUT2D eigenvalue weighted by Crippen LogP contribution is 2.22. The normalized spacial score (nSPS) is 11.9. The van der Waals surface area contributed by atoms with Gasteiger partial charge in [0.2, 0.25) is 0 Å². The predicted octanol–water partition coefficient (Wildman–Crippen LogP) is 3.79. The summed E-state index contributed by atoms with van der Waals surface area (Å²) in [5, 5.41) is 6.90. The van der Waals surface area contributed by atoms with Crippen molar-refractivity contribution in [3.63, 3.8) is 0 Å². The van der Waals surface area contributed by atoms with Gasteiger partial charge >= 0.3 is 12.1 Å². The van der Waals surface area contributed by atoms with E-state index in [0.29, 0.717) is 30.2 Å². The third-order valence-corrected chi connectivity index (χ3v) is 3.95. The van der Waals surface area contributed by atoms with Crippen molar-refractivity contribution in [3.05, 3.63) is 53.4 Å². The van der Waals surface area contributed by atoms with Crippen LogP contribution in [0.4, 0.5) is 4.79 Å². The summed E-state index contributed by atoms with van der Waals surface area (Å²) in [6.07, 6.45) is 0.784. The van der Waals surface area contributed by atoms with Gasteiger partial charge in [-0.05, 0) is 17.9 Å². The predicted molar refractivity (Wildman–Crippen MR) is 98.8 cm³/mol. The van der Waals surface area contributed by atoms with Crippen molar-refractivity contribution in [2.75, 3.05) is 7.11 Å². The quantitative estimate of drug-likeness (QED) is 0.672. The van der Waals surface area contributed by atoms with Crippen LogP contribution in [0.15, 0.2) is 40.9 Å². The number of nitrogens with zero attached hydrogens (tertiary/aromatic N) is 1. The summed E-state index contributed by atoms with van der Waals surface area (Å²) in [6, 6.07) is 10.9. The first-order valence-electron chi connectivity index (χ1n) is 8.97. The molecule has 0 spiro atoms. The van der Waals surface area contributed by atoms with Crippen molar-refractivity contribution < 1.29 is 23.6 Å². The Hall–Kier alpha value is -2.83. The Morgan fingerprint density at radius 3 is 2.63 bits per heavy atom. The van der Waals surface area contributed by atoms with Gasteiger partial charge in [-0.3, -0.25) is 4.79 Å². The van der Waals surface area contributed by atoms with Gasteiger partial charge in [0, 0.05) is 12.5 Å². The molecular weight excluding hydrogens is 348 g/mol. The topological polar surface area (TPSA) is 90.7 Å². The van der Waals surface area contributed by atoms with E-state index in [1.807, 2.05) is 30.3 Å². The number of aryl methyl sites for hydroxylation is 1. The molecule has 0 fully saturated rings. The van der Waals surface area contributed by atoms with E-state index in [9.17, 15) is 9.59 Å². The molecule has 7 heteroatoms. The van der Waals surface area contributed by atoms with Gasteiger partial charge in [-0.15, -0.1) is 0 Å². The number of esters is 1. The van der Waals surface area contributed by atoms with E-state index in [1.54, 1.807) is 6.07 Å². The van der Waals surface area contributed by atoms with Crippen LogP contribution in [0, 0.1) is 5.92 Å². The zero-order valence-corrected chi connectivity index (χ0v) is 15.9. The van der Waals surface area contributed by atoms with Crippen molar-refractivity contribution in [1.29, 1.82) is 0 Å². The second kappa shape index (κ2) is 10.4. The molecule has 1 aromatic heterocycles. The van der Waals surface area contributed by atoms with Crippen LogP contribution in [0.3, 0.4) is 0 Å². The lowest BCUT2D eigenvalue weighted by Gasteiger charge is -2.18. The molecule has 1 unspecified atom stereocenters. The number of nitrogens with one attached hydrogen (secondary N) is 1. The van der Waals surface area contributed by atoms with Gasteiger partial charge < -0.3 is 19.3 Å². The number of methoxy groups -OCH3 is 1. The minimum absolute atomic E-state index is 0.199. The van der Waals surface area contributed by atoms with Crippen LogP contribution in [-0.4, -0.2) is 24.3 Å². The van der Waals surface area contributed by atoms with E-state index in [1.165, 1.54) is 7.11 Å². The van der Waals surface area contributed by atoms with E-state index in [0.717, 1.165) is 5.56 Å². The molecule has 0 saturated carbocycles. The van der Waals surface area contributed by atoms with E-state index < -0.39 is 6.09 Å². The summed E-state index contributed by atoms with van der Waals surface area (Å²) < 4.78 is 15.2. The SMILES string of the molecule is COC(=O)CCc1cc(C(CC(C)C)NC(=O)OCc2ccccc2)no1. The number of aromatic nitrogens is 1. The summed E-state index contributed by atoms with van der Waals surface area (Å²) >= 11 is 0. The lowest BCUT2D eigenvalue weighted by atomic mass is 10.0. The smallest absolute Gasteiger partial charge is 0.408 e. The molecule has 0 bridgehead atoms. The molecule has 2 aromatic rings. The monoisotopic (exact) mass is 374 g/mol. The van der Waals surface area contributed by atoms with Gasteiger partial charge in [-0.2, -0.15) is 0 Å². The first-order chi connectivity index (χ1) is 13.0. The highest BCUT2D eigenvalue weighted by atomic mass is 16.5. The molecule has 1 heterocycles. The van der Waals surface area contributed by atoms with Gasteiger partial charge in [-0.25, -0.2) is 4.79 Å². The first-order valence-corrected chi connectivity index (χ1v) is 8.97. The Bertz CT molecular complexity index is 727. The molecule has 1 atom stereocenters. The summed E-state index contributed by atoms with van der Waals surface area (Å²) in [7, 11) is 1.35. The number of amides is 1. The third-order valence-electron chi connectivity index (χ3n) is 3.95. The average molecular weight is 374 g/mol. The third kappa shape index (κ3) is 7.13. The van der Waals surface area contributed by atoms with Crippen molar-refractivity contribution >= 4 is 12.1 Å². The van der Waals surface area contributed by atoms with E-state index in [2.05, 4.69) is 29.1 Å². The summed E-state index contributed by atoms with van der Waals surface area (Å²) in [5.41, 5.74) is 1.53. The maximum Gasteiger partial charge on any atom is 0.408 e. The Kier molecular flexibility index (Phi) is 7.85. The Balaban J connectivity index is 1.94. The van der Waals surface area contributed by atoms with Crippen LogP contribution in [0.1, 0.15) is 49.7 Å². The molecule has 1 N–H and O–H groups in total. The zero-order valence-electron chi connectivity index (χ0n) is 15.9. The molecule has 1 amide bonds. The van der Waals surface area contributed by atoms with Gasteiger partial charge in [0.15, 0.2) is 0 Å². The second-order valence-corrected chi connectivity index (χ2v) is 6.68. The summed E-state index contributed by atoms with van der Waals surface area (Å²) in [5.74, 6) is 0.595. The van der Waals surface area contributed by atoms with Gasteiger partial charge in [-0.1, -0.05) is 49.3 Å². The van der Waals surface area contributed by atoms with Gasteiger partial charge in [0.25, 0.3) is 0 Å². The highest BCUT2D eigenvalue weighted by molar-refractivity contribution is 5.69. The molecule has 146 valence electrons. The minimum Gasteiger partial charge on any atom is -0.469 e. The number of alkyl carbamates (subject to hydrolysis) is 1. The lowest BCUT2D eigenvalue weighted by molar-refractivity contribution is -0.140. The zero-order chi connectivity index (χ0) is 19.6. The van der Waals surface area contributed by atoms with Crippen LogP contribution in [0.25, 0.3) is 0 Å². The molecular formula is C20H26N2O5. The second-order valence-electron chi connectivity index (χ2n) is 6.68. The lowest BCUT2D eigenvalue weighted by Crippen LogP contribution is -2.30. The fraction of sp³-hybridized carbons (Fsp3) is 0.450. The van der Waals surface area contributed by atoms with E-state index in [4.69, 9.17) is 9.26 Å². The molecule has 0 radical (unpaired) electrons. The number of hydrogen-bond donors (Lipinski definition) is 1. The van der Waals surface area contributed by atoms with Crippen molar-refractivity contribution in [1.82, 2.24) is 10.5 Å². The van der Waals surface area contributed by atoms with Crippen LogP contribution in [0.2, 0.25) is 0 Å². The number of benzene rings is 1. The summed E-state index contributed by atoms with van der Waals surface area (Å²) in [4.78, 5) is 23.4. The van der Waals surface area contributed by atoms with E-state index >= 15 is 0 Å². The Morgan fingerprint density at radius 2 is 1.96 bits per heavy atom. The van der Waals surface area contributed by atoms with Crippen LogP contribution in [0.5, 0.6) is 0 Å². The Morgan fingerprint density at radius 1 is 1.22 bits per heavy atom. The fourth-order valence-corrected chi connectivity index (χ4v) is 2.57. The van der Waals surface area contributed by atoms with Crippen LogP contribution >= 0.6 is 0 Å². The van der Waals surface area contributed by atoms with E-state index in [-0.39, 0.29) is 25.0 Å². The molecule has 0 aliphatic rings. The Labute approximate surface area is 159 Å². The molecule has 0 aliphatic carbocycles. The highest BCUT2D eigenvalue weighted by Gasteiger charge is 2.21. The average Bonchev–Trinajstić information content (AvgIpc) is 3.13. The van der Waals surface area contributed by atoms with Crippen LogP contribution in [-0.2, 0) is 27.3 Å². The van der Waals surface area contributed by atoms with Crippen molar-refractivity contribution in [2.24, 2.45) is 5.92 Å². The fourth-order valence-electron chi connectivity index (χ4n) is 2.57. The minimum atomic E-state index is -0.511. The number of carbonyl (C=O) groups excluding carboxylic acids is 2. The number of ether oxygens (including phenoxy) is 2. The maximum absolute atomic E-state index is 12.2. The van der Waals surface area contributed by atoms with Crippen LogP contribution < -0.4 is 5.32 Å². The molecule has 0 aliphatic heterocycles. The molecule has 2 rings (SSSR count). The standard InChI is InChI=1S/C20H26N2O5/c1-14(2)11-17(18-12-16(27-22-18)9-10-19(23)25-3)21-20(24)26-13-15-7-5-4-6-8-15/h4-8,12,14,17H,9-11,13H2,1-3H3,(H,21,24).